The molecule has 9 nitrogen and oxygen atoms in total. The maximum Gasteiger partial charge on any atom is 0.269 e. The van der Waals surface area contributed by atoms with Crippen LogP contribution in [0, 0.1) is 10.1 Å². The largest absolute Gasteiger partial charge is 0.353 e. The number of guanidine groups is 1. The minimum absolute atomic E-state index is 0.0691. The van der Waals surface area contributed by atoms with Gasteiger partial charge >= 0.3 is 0 Å². The van der Waals surface area contributed by atoms with Crippen molar-refractivity contribution in [1.82, 2.24) is 20.4 Å². The van der Waals surface area contributed by atoms with Crippen LogP contribution in [0.15, 0.2) is 29.3 Å². The van der Waals surface area contributed by atoms with Gasteiger partial charge in [-0.1, -0.05) is 25.0 Å². The minimum Gasteiger partial charge on any atom is -0.353 e. The van der Waals surface area contributed by atoms with Crippen molar-refractivity contribution in [1.29, 1.82) is 0 Å². The number of non-ortho nitro benzene ring substituents is 1. The third kappa shape index (κ3) is 7.20. The van der Waals surface area contributed by atoms with Gasteiger partial charge in [0, 0.05) is 50.4 Å². The van der Waals surface area contributed by atoms with Crippen molar-refractivity contribution in [3.8, 4) is 0 Å². The molecule has 3 rings (SSSR count). The van der Waals surface area contributed by atoms with Crippen LogP contribution in [0.4, 0.5) is 5.69 Å². The van der Waals surface area contributed by atoms with Gasteiger partial charge < -0.3 is 15.5 Å². The van der Waals surface area contributed by atoms with Crippen LogP contribution in [0.5, 0.6) is 0 Å². The molecule has 1 aliphatic heterocycles. The third-order valence-corrected chi connectivity index (χ3v) is 5.74. The summed E-state index contributed by atoms with van der Waals surface area (Å²) in [6.07, 6.45) is 4.80. The number of hydrogen-bond acceptors (Lipinski definition) is 5. The van der Waals surface area contributed by atoms with E-state index < -0.39 is 0 Å². The number of nitrogens with zero attached hydrogens (tertiary/aromatic N) is 4. The molecule has 2 N–H and O–H groups in total. The van der Waals surface area contributed by atoms with Crippen molar-refractivity contribution in [2.24, 2.45) is 4.99 Å². The fourth-order valence-electron chi connectivity index (χ4n) is 4.07. The van der Waals surface area contributed by atoms with E-state index in [2.05, 4.69) is 20.4 Å². The first-order chi connectivity index (χ1) is 14.9. The zero-order chi connectivity index (χ0) is 22.2. The SMILES string of the molecule is CC(C)NC(=O)CN1CCN(C(=NCc2ccc([N+](=O)[O-])cc2)NC2CCCC2)CC1. The van der Waals surface area contributed by atoms with E-state index in [1.807, 2.05) is 13.8 Å². The molecule has 2 fully saturated rings. The predicted octanol–water partition coefficient (Wildman–Crippen LogP) is 2.13. The molecule has 0 unspecified atom stereocenters. The summed E-state index contributed by atoms with van der Waals surface area (Å²) in [5, 5.41) is 17.4. The van der Waals surface area contributed by atoms with Crippen molar-refractivity contribution < 1.29 is 9.72 Å². The van der Waals surface area contributed by atoms with Crippen molar-refractivity contribution >= 4 is 17.6 Å². The number of nitrogens with one attached hydrogen (secondary N) is 2. The molecule has 1 saturated heterocycles. The van der Waals surface area contributed by atoms with Crippen LogP contribution in [0.1, 0.15) is 45.1 Å². The molecule has 1 heterocycles. The Bertz CT molecular complexity index is 766. The molecule has 0 aromatic heterocycles. The van der Waals surface area contributed by atoms with Crippen molar-refractivity contribution in [3.63, 3.8) is 0 Å². The maximum absolute atomic E-state index is 12.0. The number of amides is 1. The Labute approximate surface area is 184 Å². The average molecular weight is 431 g/mol. The van der Waals surface area contributed by atoms with Crippen molar-refractivity contribution in [3.05, 3.63) is 39.9 Å². The summed E-state index contributed by atoms with van der Waals surface area (Å²) >= 11 is 0. The fraction of sp³-hybridized carbons (Fsp3) is 0.636. The zero-order valence-corrected chi connectivity index (χ0v) is 18.5. The van der Waals surface area contributed by atoms with E-state index in [9.17, 15) is 14.9 Å². The normalized spacial score (nSPS) is 18.4. The molecule has 2 aliphatic rings. The van der Waals surface area contributed by atoms with Gasteiger partial charge in [-0.25, -0.2) is 4.99 Å². The Morgan fingerprint density at radius 3 is 2.39 bits per heavy atom. The van der Waals surface area contributed by atoms with Crippen LogP contribution in [0.25, 0.3) is 0 Å². The van der Waals surface area contributed by atoms with Crippen LogP contribution < -0.4 is 10.6 Å². The first kappa shape index (κ1) is 23.0. The highest BCUT2D eigenvalue weighted by Crippen LogP contribution is 2.18. The summed E-state index contributed by atoms with van der Waals surface area (Å²) in [7, 11) is 0. The molecule has 0 bridgehead atoms. The molecule has 0 atom stereocenters. The number of carbonyl (C=O) groups is 1. The maximum atomic E-state index is 12.0. The van der Waals surface area contributed by atoms with Crippen LogP contribution in [-0.4, -0.2) is 71.4 Å². The Hall–Kier alpha value is -2.68. The van der Waals surface area contributed by atoms with E-state index in [0.717, 1.165) is 50.5 Å². The highest BCUT2D eigenvalue weighted by molar-refractivity contribution is 5.81. The summed E-state index contributed by atoms with van der Waals surface area (Å²) in [6.45, 7) is 8.10. The molecule has 170 valence electrons. The smallest absolute Gasteiger partial charge is 0.269 e. The fourth-order valence-corrected chi connectivity index (χ4v) is 4.07. The molecule has 9 heteroatoms. The van der Waals surface area contributed by atoms with Crippen molar-refractivity contribution in [2.75, 3.05) is 32.7 Å². The molecule has 1 aliphatic carbocycles. The lowest BCUT2D eigenvalue weighted by Gasteiger charge is -2.37. The number of rotatable bonds is 7. The van der Waals surface area contributed by atoms with Gasteiger partial charge in [0.2, 0.25) is 5.91 Å². The molecule has 0 spiro atoms. The van der Waals surface area contributed by atoms with E-state index in [1.54, 1.807) is 12.1 Å². The second-order valence-electron chi connectivity index (χ2n) is 8.67. The van der Waals surface area contributed by atoms with Gasteiger partial charge in [-0.05, 0) is 32.3 Å². The molecule has 31 heavy (non-hydrogen) atoms. The Kier molecular flexibility index (Phi) is 8.22. The highest BCUT2D eigenvalue weighted by Gasteiger charge is 2.24. The second kappa shape index (κ2) is 11.1. The number of aliphatic imine (C=N–C) groups is 1. The monoisotopic (exact) mass is 430 g/mol. The van der Waals surface area contributed by atoms with Crippen LogP contribution in [0.3, 0.4) is 0 Å². The van der Waals surface area contributed by atoms with E-state index in [4.69, 9.17) is 4.99 Å². The first-order valence-electron chi connectivity index (χ1n) is 11.2. The standard InChI is InChI=1S/C22H34N6O3/c1-17(2)24-21(29)16-26-11-13-27(14-12-26)22(25-19-5-3-4-6-19)23-15-18-7-9-20(10-8-18)28(30)31/h7-10,17,19H,3-6,11-16H2,1-2H3,(H,23,25)(H,24,29). The Balaban J connectivity index is 1.60. The van der Waals surface area contributed by atoms with Crippen molar-refractivity contribution in [2.45, 2.75) is 58.2 Å². The number of carbonyl (C=O) groups excluding carboxylic acids is 1. The highest BCUT2D eigenvalue weighted by atomic mass is 16.6. The molecule has 1 amide bonds. The van der Waals surface area contributed by atoms with Gasteiger partial charge in [0.05, 0.1) is 18.0 Å². The van der Waals surface area contributed by atoms with Gasteiger partial charge in [0.25, 0.3) is 5.69 Å². The van der Waals surface area contributed by atoms with Crippen LogP contribution >= 0.6 is 0 Å². The van der Waals surface area contributed by atoms with E-state index in [1.165, 1.54) is 25.0 Å². The summed E-state index contributed by atoms with van der Waals surface area (Å²) in [5.41, 5.74) is 1.04. The summed E-state index contributed by atoms with van der Waals surface area (Å²) < 4.78 is 0. The number of piperazine rings is 1. The summed E-state index contributed by atoms with van der Waals surface area (Å²) in [6, 6.07) is 7.18. The Morgan fingerprint density at radius 2 is 1.81 bits per heavy atom. The number of nitro groups is 1. The van der Waals surface area contributed by atoms with E-state index in [0.29, 0.717) is 19.1 Å². The lowest BCUT2D eigenvalue weighted by atomic mass is 10.2. The van der Waals surface area contributed by atoms with Gasteiger partial charge in [-0.3, -0.25) is 19.8 Å². The number of benzene rings is 1. The molecule has 0 radical (unpaired) electrons. The predicted molar refractivity (Wildman–Crippen MR) is 121 cm³/mol. The molecule has 1 aromatic rings. The topological polar surface area (TPSA) is 103 Å². The summed E-state index contributed by atoms with van der Waals surface area (Å²) in [5.74, 6) is 0.969. The second-order valence-corrected chi connectivity index (χ2v) is 8.67. The molecular weight excluding hydrogens is 396 g/mol. The quantitative estimate of drug-likeness (QED) is 0.297. The van der Waals surface area contributed by atoms with Gasteiger partial charge in [-0.15, -0.1) is 0 Å². The van der Waals surface area contributed by atoms with Crippen LogP contribution in [-0.2, 0) is 11.3 Å². The van der Waals surface area contributed by atoms with Gasteiger partial charge in [0.15, 0.2) is 5.96 Å². The lowest BCUT2D eigenvalue weighted by Crippen LogP contribution is -2.55. The first-order valence-corrected chi connectivity index (χ1v) is 11.2. The van der Waals surface area contributed by atoms with E-state index >= 15 is 0 Å². The summed E-state index contributed by atoms with van der Waals surface area (Å²) in [4.78, 5) is 31.8. The lowest BCUT2D eigenvalue weighted by molar-refractivity contribution is -0.384. The number of nitro benzene ring substituents is 1. The third-order valence-electron chi connectivity index (χ3n) is 5.74. The van der Waals surface area contributed by atoms with Gasteiger partial charge in [-0.2, -0.15) is 0 Å². The van der Waals surface area contributed by atoms with E-state index in [-0.39, 0.29) is 22.6 Å². The average Bonchev–Trinajstić information content (AvgIpc) is 3.24. The van der Waals surface area contributed by atoms with Crippen LogP contribution in [0.2, 0.25) is 0 Å². The van der Waals surface area contributed by atoms with Gasteiger partial charge in [0.1, 0.15) is 0 Å². The molecule has 1 saturated carbocycles. The molecule has 1 aromatic carbocycles. The Morgan fingerprint density at radius 1 is 1.16 bits per heavy atom. The minimum atomic E-state index is -0.388. The zero-order valence-electron chi connectivity index (χ0n) is 18.5. The number of hydrogen-bond donors (Lipinski definition) is 2. The molecular formula is C22H34N6O3.